The molecule has 1 atom stereocenters. The van der Waals surface area contributed by atoms with E-state index in [2.05, 4.69) is 0 Å². The van der Waals surface area contributed by atoms with Gasteiger partial charge in [0.1, 0.15) is 11.9 Å². The van der Waals surface area contributed by atoms with Crippen molar-refractivity contribution in [2.75, 3.05) is 6.61 Å². The number of rotatable bonds is 3. The summed E-state index contributed by atoms with van der Waals surface area (Å²) >= 11 is 0. The Bertz CT molecular complexity index is 440. The summed E-state index contributed by atoms with van der Waals surface area (Å²) in [6.45, 7) is 6.09. The van der Waals surface area contributed by atoms with E-state index >= 15 is 0 Å². The average molecular weight is 264 g/mol. The van der Waals surface area contributed by atoms with Gasteiger partial charge in [-0.1, -0.05) is 26.0 Å². The lowest BCUT2D eigenvalue weighted by Gasteiger charge is -2.24. The summed E-state index contributed by atoms with van der Waals surface area (Å²) in [5.74, 6) is 0.240. The third kappa shape index (κ3) is 4.09. The van der Waals surface area contributed by atoms with Gasteiger partial charge >= 0.3 is 5.97 Å². The molecule has 1 unspecified atom stereocenters. The molecular formula is C15H20O4. The summed E-state index contributed by atoms with van der Waals surface area (Å²) in [6, 6.07) is 7.08. The Morgan fingerprint density at radius 3 is 2.74 bits per heavy atom. The van der Waals surface area contributed by atoms with Crippen LogP contribution in [0.1, 0.15) is 44.0 Å². The van der Waals surface area contributed by atoms with E-state index in [1.54, 1.807) is 31.2 Å². The highest BCUT2D eigenvalue weighted by Gasteiger charge is 2.28. The molecule has 1 aliphatic rings. The number of ether oxygens (including phenoxy) is 2. The highest BCUT2D eigenvalue weighted by atomic mass is 16.5. The van der Waals surface area contributed by atoms with Crippen LogP contribution in [0.3, 0.4) is 0 Å². The van der Waals surface area contributed by atoms with Crippen LogP contribution in [0.5, 0.6) is 5.75 Å². The van der Waals surface area contributed by atoms with Gasteiger partial charge in [0.2, 0.25) is 0 Å². The molecule has 104 valence electrons. The first kappa shape index (κ1) is 15.2. The highest BCUT2D eigenvalue weighted by molar-refractivity contribution is 6.00. The van der Waals surface area contributed by atoms with E-state index in [1.807, 2.05) is 13.8 Å². The first-order valence-electron chi connectivity index (χ1n) is 6.65. The van der Waals surface area contributed by atoms with Crippen LogP contribution in [-0.2, 0) is 9.53 Å². The third-order valence-corrected chi connectivity index (χ3v) is 2.59. The average Bonchev–Trinajstić information content (AvgIpc) is 2.41. The summed E-state index contributed by atoms with van der Waals surface area (Å²) in [4.78, 5) is 23.1. The molecule has 0 amide bonds. The fourth-order valence-electron chi connectivity index (χ4n) is 1.86. The van der Waals surface area contributed by atoms with Crippen LogP contribution in [0.25, 0.3) is 0 Å². The van der Waals surface area contributed by atoms with Gasteiger partial charge in [-0.05, 0) is 19.1 Å². The summed E-state index contributed by atoms with van der Waals surface area (Å²) in [6.07, 6.45) is -0.0551. The minimum atomic E-state index is -0.406. The van der Waals surface area contributed by atoms with Gasteiger partial charge in [-0.3, -0.25) is 9.59 Å². The van der Waals surface area contributed by atoms with Crippen molar-refractivity contribution < 1.29 is 19.1 Å². The lowest BCUT2D eigenvalue weighted by atomic mass is 9.99. The number of Topliss-reactive ketones (excluding diaryl/α,β-unsaturated/α-hetero) is 1. The minimum Gasteiger partial charge on any atom is -0.489 e. The van der Waals surface area contributed by atoms with E-state index in [4.69, 9.17) is 9.47 Å². The molecular weight excluding hydrogens is 244 g/mol. The molecule has 4 heteroatoms. The molecule has 0 fully saturated rings. The quantitative estimate of drug-likeness (QED) is 0.787. The predicted molar refractivity (Wildman–Crippen MR) is 72.4 cm³/mol. The lowest BCUT2D eigenvalue weighted by Crippen LogP contribution is -2.29. The maximum absolute atomic E-state index is 11.8. The van der Waals surface area contributed by atoms with Crippen molar-refractivity contribution in [3.8, 4) is 5.75 Å². The van der Waals surface area contributed by atoms with Gasteiger partial charge in [-0.15, -0.1) is 0 Å². The van der Waals surface area contributed by atoms with E-state index in [-0.39, 0.29) is 24.6 Å². The van der Waals surface area contributed by atoms with E-state index in [1.165, 1.54) is 0 Å². The number of benzene rings is 1. The monoisotopic (exact) mass is 264 g/mol. The molecule has 1 aromatic carbocycles. The molecule has 0 saturated heterocycles. The largest absolute Gasteiger partial charge is 0.489 e. The van der Waals surface area contributed by atoms with Crippen LogP contribution >= 0.6 is 0 Å². The Morgan fingerprint density at radius 1 is 1.37 bits per heavy atom. The first-order valence-corrected chi connectivity index (χ1v) is 6.65. The van der Waals surface area contributed by atoms with Crippen LogP contribution in [0, 0.1) is 0 Å². The molecule has 1 heterocycles. The van der Waals surface area contributed by atoms with E-state index in [0.29, 0.717) is 17.9 Å². The number of fused-ring (bicyclic) bond motifs is 1. The second-order valence-electron chi connectivity index (χ2n) is 3.87. The fourth-order valence-corrected chi connectivity index (χ4v) is 1.86. The standard InChI is InChI=1S/C13H14O4.C2H6/c1-2-16-13(15)8-9-7-11(14)10-5-3-4-6-12(10)17-9;1-2/h3-6,9H,2,7-8H2,1H3;1-2H3. The number of hydrogen-bond donors (Lipinski definition) is 0. The number of carbonyl (C=O) groups excluding carboxylic acids is 2. The van der Waals surface area contributed by atoms with E-state index in [9.17, 15) is 9.59 Å². The Balaban J connectivity index is 0.000000861. The summed E-state index contributed by atoms with van der Waals surface area (Å²) < 4.78 is 10.4. The molecule has 0 bridgehead atoms. The molecule has 1 aromatic rings. The van der Waals surface area contributed by atoms with Gasteiger partial charge in [-0.2, -0.15) is 0 Å². The van der Waals surface area contributed by atoms with Crippen molar-refractivity contribution in [1.29, 1.82) is 0 Å². The predicted octanol–water partition coefficient (Wildman–Crippen LogP) is 3.00. The summed E-state index contributed by atoms with van der Waals surface area (Å²) in [5.41, 5.74) is 0.590. The summed E-state index contributed by atoms with van der Waals surface area (Å²) in [5, 5.41) is 0. The van der Waals surface area contributed by atoms with Crippen molar-refractivity contribution in [1.82, 2.24) is 0 Å². The van der Waals surface area contributed by atoms with Crippen molar-refractivity contribution in [3.05, 3.63) is 29.8 Å². The zero-order valence-corrected chi connectivity index (χ0v) is 11.6. The number of hydrogen-bond acceptors (Lipinski definition) is 4. The molecule has 0 aromatic heterocycles. The lowest BCUT2D eigenvalue weighted by molar-refractivity contribution is -0.144. The van der Waals surface area contributed by atoms with Crippen molar-refractivity contribution in [2.45, 2.75) is 39.7 Å². The Kier molecular flexibility index (Phi) is 6.06. The topological polar surface area (TPSA) is 52.6 Å². The minimum absolute atomic E-state index is 0.0150. The maximum atomic E-state index is 11.8. The van der Waals surface area contributed by atoms with E-state index in [0.717, 1.165) is 0 Å². The van der Waals surface area contributed by atoms with Crippen LogP contribution < -0.4 is 4.74 Å². The van der Waals surface area contributed by atoms with Gasteiger partial charge in [0, 0.05) is 6.42 Å². The van der Waals surface area contributed by atoms with Crippen LogP contribution in [0.15, 0.2) is 24.3 Å². The highest BCUT2D eigenvalue weighted by Crippen LogP contribution is 2.28. The van der Waals surface area contributed by atoms with Crippen molar-refractivity contribution in [3.63, 3.8) is 0 Å². The summed E-state index contributed by atoms with van der Waals surface area (Å²) in [7, 11) is 0. The zero-order chi connectivity index (χ0) is 14.3. The van der Waals surface area contributed by atoms with Gasteiger partial charge in [0.25, 0.3) is 0 Å². The van der Waals surface area contributed by atoms with Crippen LogP contribution in [-0.4, -0.2) is 24.5 Å². The third-order valence-electron chi connectivity index (χ3n) is 2.59. The number of ketones is 1. The fraction of sp³-hybridized carbons (Fsp3) is 0.467. The maximum Gasteiger partial charge on any atom is 0.309 e. The molecule has 0 radical (unpaired) electrons. The molecule has 0 N–H and O–H groups in total. The van der Waals surface area contributed by atoms with Crippen LogP contribution in [0.2, 0.25) is 0 Å². The number of carbonyl (C=O) groups is 2. The van der Waals surface area contributed by atoms with Gasteiger partial charge < -0.3 is 9.47 Å². The smallest absolute Gasteiger partial charge is 0.309 e. The van der Waals surface area contributed by atoms with Crippen molar-refractivity contribution in [2.24, 2.45) is 0 Å². The molecule has 19 heavy (non-hydrogen) atoms. The molecule has 0 aliphatic carbocycles. The van der Waals surface area contributed by atoms with Crippen molar-refractivity contribution >= 4 is 11.8 Å². The Hall–Kier alpha value is -1.84. The Labute approximate surface area is 113 Å². The van der Waals surface area contributed by atoms with Gasteiger partial charge in [0.05, 0.1) is 18.6 Å². The molecule has 4 nitrogen and oxygen atoms in total. The SMILES string of the molecule is CC.CCOC(=O)CC1CC(=O)c2ccccc2O1. The normalized spacial score (nSPS) is 16.6. The van der Waals surface area contributed by atoms with Gasteiger partial charge in [0.15, 0.2) is 5.78 Å². The molecule has 0 saturated carbocycles. The number of esters is 1. The second-order valence-corrected chi connectivity index (χ2v) is 3.87. The Morgan fingerprint density at radius 2 is 2.05 bits per heavy atom. The second kappa shape index (κ2) is 7.56. The molecule has 0 spiro atoms. The zero-order valence-electron chi connectivity index (χ0n) is 11.6. The molecule has 1 aliphatic heterocycles. The first-order chi connectivity index (χ1) is 9.20. The van der Waals surface area contributed by atoms with Crippen LogP contribution in [0.4, 0.5) is 0 Å². The number of para-hydroxylation sites is 1. The van der Waals surface area contributed by atoms with E-state index < -0.39 is 6.10 Å². The van der Waals surface area contributed by atoms with Gasteiger partial charge in [-0.25, -0.2) is 0 Å². The molecule has 2 rings (SSSR count).